The number of benzene rings is 2. The van der Waals surface area contributed by atoms with Crippen LogP contribution in [-0.4, -0.2) is 32.4 Å². The van der Waals surface area contributed by atoms with E-state index in [9.17, 15) is 0 Å². The molecule has 2 aromatic rings. The van der Waals surface area contributed by atoms with E-state index in [1.54, 1.807) is 11.8 Å². The standard InChI is InChI=1S/C13H9NS.C4H10N2.C2H6/c1-3-7-12-10(5-1)9-14-11-6-2-4-8-13(11)15-12;1-2-6-4-3-5-1;1-2/h1-9H;5-6H,1-4H2;1-2H3. The van der Waals surface area contributed by atoms with Crippen molar-refractivity contribution in [2.75, 3.05) is 26.2 Å². The van der Waals surface area contributed by atoms with Crippen molar-refractivity contribution >= 4 is 23.7 Å². The first-order chi connectivity index (χ1) is 11.4. The molecule has 0 saturated carbocycles. The third-order valence-electron chi connectivity index (χ3n) is 3.30. The number of rotatable bonds is 0. The Morgan fingerprint density at radius 2 is 1.35 bits per heavy atom. The molecule has 4 heteroatoms. The molecule has 23 heavy (non-hydrogen) atoms. The number of fused-ring (bicyclic) bond motifs is 2. The van der Waals surface area contributed by atoms with Crippen molar-refractivity contribution in [1.29, 1.82) is 0 Å². The van der Waals surface area contributed by atoms with Crippen molar-refractivity contribution in [3.63, 3.8) is 0 Å². The Labute approximate surface area is 143 Å². The molecular weight excluding hydrogens is 302 g/mol. The van der Waals surface area contributed by atoms with Crippen molar-refractivity contribution in [3.8, 4) is 0 Å². The van der Waals surface area contributed by atoms with Gasteiger partial charge in [-0.3, -0.25) is 4.99 Å². The number of nitrogens with one attached hydrogen (secondary N) is 2. The van der Waals surface area contributed by atoms with Crippen LogP contribution in [-0.2, 0) is 0 Å². The van der Waals surface area contributed by atoms with E-state index in [-0.39, 0.29) is 0 Å². The van der Waals surface area contributed by atoms with Crippen LogP contribution in [0, 0.1) is 0 Å². The number of aliphatic imine (C=N–C) groups is 1. The van der Waals surface area contributed by atoms with Gasteiger partial charge in [0.2, 0.25) is 0 Å². The smallest absolute Gasteiger partial charge is 0.0769 e. The molecule has 0 spiro atoms. The number of hydrogen-bond donors (Lipinski definition) is 2. The number of piperazine rings is 1. The van der Waals surface area contributed by atoms with Crippen LogP contribution in [0.1, 0.15) is 19.4 Å². The molecular formula is C19H25N3S. The second-order valence-electron chi connectivity index (χ2n) is 4.87. The first kappa shape index (κ1) is 17.7. The Morgan fingerprint density at radius 1 is 0.783 bits per heavy atom. The second kappa shape index (κ2) is 10.2. The van der Waals surface area contributed by atoms with Gasteiger partial charge >= 0.3 is 0 Å². The summed E-state index contributed by atoms with van der Waals surface area (Å²) in [5.41, 5.74) is 2.25. The van der Waals surface area contributed by atoms with Crippen LogP contribution in [0.4, 0.5) is 5.69 Å². The largest absolute Gasteiger partial charge is 0.314 e. The van der Waals surface area contributed by atoms with Crippen LogP contribution >= 0.6 is 11.8 Å². The van der Waals surface area contributed by atoms with Gasteiger partial charge in [0.15, 0.2) is 0 Å². The average Bonchev–Trinajstić information content (AvgIpc) is 2.84. The van der Waals surface area contributed by atoms with Crippen molar-refractivity contribution in [2.45, 2.75) is 23.6 Å². The van der Waals surface area contributed by atoms with E-state index in [1.165, 1.54) is 15.4 Å². The first-order valence-corrected chi connectivity index (χ1v) is 9.06. The Balaban J connectivity index is 0.000000202. The number of para-hydroxylation sites is 1. The quantitative estimate of drug-likeness (QED) is 0.652. The maximum atomic E-state index is 4.48. The van der Waals surface area contributed by atoms with Gasteiger partial charge < -0.3 is 10.6 Å². The zero-order valence-corrected chi connectivity index (χ0v) is 14.7. The van der Waals surface area contributed by atoms with Crippen LogP contribution in [0.5, 0.6) is 0 Å². The summed E-state index contributed by atoms with van der Waals surface area (Å²) in [6.45, 7) is 8.56. The molecule has 0 radical (unpaired) electrons. The fourth-order valence-corrected chi connectivity index (χ4v) is 3.19. The SMILES string of the molecule is C1=Nc2ccccc2Sc2ccccc21.C1CNCCN1.CC. The van der Waals surface area contributed by atoms with Crippen LogP contribution in [0.15, 0.2) is 63.3 Å². The topological polar surface area (TPSA) is 36.4 Å². The summed E-state index contributed by atoms with van der Waals surface area (Å²) < 4.78 is 0. The Kier molecular flexibility index (Phi) is 7.87. The molecule has 2 aliphatic heterocycles. The van der Waals surface area contributed by atoms with E-state index in [0.717, 1.165) is 31.9 Å². The second-order valence-corrected chi connectivity index (χ2v) is 5.95. The molecule has 0 aliphatic carbocycles. The lowest BCUT2D eigenvalue weighted by atomic mass is 10.2. The highest BCUT2D eigenvalue weighted by Crippen LogP contribution is 2.38. The third kappa shape index (κ3) is 5.50. The van der Waals surface area contributed by atoms with E-state index >= 15 is 0 Å². The summed E-state index contributed by atoms with van der Waals surface area (Å²) in [6.07, 6.45) is 1.94. The monoisotopic (exact) mass is 327 g/mol. The van der Waals surface area contributed by atoms with Crippen molar-refractivity contribution < 1.29 is 0 Å². The van der Waals surface area contributed by atoms with Crippen LogP contribution in [0.3, 0.4) is 0 Å². The van der Waals surface area contributed by atoms with E-state index in [2.05, 4.69) is 46.0 Å². The van der Waals surface area contributed by atoms with Gasteiger partial charge in [0.25, 0.3) is 0 Å². The van der Waals surface area contributed by atoms with Gasteiger partial charge in [-0.2, -0.15) is 0 Å². The van der Waals surface area contributed by atoms with Crippen molar-refractivity contribution in [1.82, 2.24) is 10.6 Å². The van der Waals surface area contributed by atoms with E-state index in [0.29, 0.717) is 0 Å². The van der Waals surface area contributed by atoms with Crippen molar-refractivity contribution in [3.05, 3.63) is 54.1 Å². The minimum absolute atomic E-state index is 1.05. The molecule has 0 aromatic heterocycles. The summed E-state index contributed by atoms with van der Waals surface area (Å²) in [5.74, 6) is 0. The Hall–Kier alpha value is -1.62. The van der Waals surface area contributed by atoms with Gasteiger partial charge in [0.05, 0.1) is 5.69 Å². The first-order valence-electron chi connectivity index (χ1n) is 8.25. The van der Waals surface area contributed by atoms with Gasteiger partial charge in [-0.25, -0.2) is 0 Å². The molecule has 0 atom stereocenters. The lowest BCUT2D eigenvalue weighted by molar-refractivity contribution is 0.534. The van der Waals surface area contributed by atoms with Gasteiger partial charge in [-0.1, -0.05) is 55.9 Å². The fraction of sp³-hybridized carbons (Fsp3) is 0.316. The van der Waals surface area contributed by atoms with Gasteiger partial charge in [0.1, 0.15) is 0 Å². The van der Waals surface area contributed by atoms with E-state index < -0.39 is 0 Å². The fourth-order valence-electron chi connectivity index (χ4n) is 2.19. The summed E-state index contributed by atoms with van der Waals surface area (Å²) >= 11 is 1.78. The molecule has 122 valence electrons. The Bertz CT molecular complexity index is 563. The molecule has 3 nitrogen and oxygen atoms in total. The van der Waals surface area contributed by atoms with Crippen LogP contribution in [0.2, 0.25) is 0 Å². The highest BCUT2D eigenvalue weighted by Gasteiger charge is 2.08. The molecule has 1 saturated heterocycles. The zero-order chi connectivity index (χ0) is 16.3. The van der Waals surface area contributed by atoms with E-state index in [1.807, 2.05) is 38.3 Å². The maximum Gasteiger partial charge on any atom is 0.0769 e. The third-order valence-corrected chi connectivity index (χ3v) is 4.46. The van der Waals surface area contributed by atoms with Gasteiger partial charge in [-0.15, -0.1) is 0 Å². The van der Waals surface area contributed by atoms with Gasteiger partial charge in [0, 0.05) is 47.7 Å². The molecule has 2 heterocycles. The predicted molar refractivity (Wildman–Crippen MR) is 101 cm³/mol. The minimum atomic E-state index is 1.05. The molecule has 4 rings (SSSR count). The average molecular weight is 327 g/mol. The normalized spacial score (nSPS) is 14.9. The lowest BCUT2D eigenvalue weighted by Gasteiger charge is -2.11. The van der Waals surface area contributed by atoms with E-state index in [4.69, 9.17) is 0 Å². The summed E-state index contributed by atoms with van der Waals surface area (Å²) in [4.78, 5) is 6.97. The molecule has 2 N–H and O–H groups in total. The van der Waals surface area contributed by atoms with Crippen LogP contribution in [0.25, 0.3) is 0 Å². The summed E-state index contributed by atoms with van der Waals surface area (Å²) in [5, 5.41) is 6.44. The molecule has 2 aromatic carbocycles. The predicted octanol–water partition coefficient (Wildman–Crippen LogP) is 4.11. The van der Waals surface area contributed by atoms with Crippen molar-refractivity contribution in [2.24, 2.45) is 4.99 Å². The van der Waals surface area contributed by atoms with Crippen LogP contribution < -0.4 is 10.6 Å². The molecule has 2 aliphatic rings. The zero-order valence-electron chi connectivity index (χ0n) is 13.9. The molecule has 0 bridgehead atoms. The lowest BCUT2D eigenvalue weighted by Crippen LogP contribution is -2.39. The summed E-state index contributed by atoms with van der Waals surface area (Å²) in [7, 11) is 0. The summed E-state index contributed by atoms with van der Waals surface area (Å²) in [6, 6.07) is 16.6. The number of hydrogen-bond acceptors (Lipinski definition) is 4. The maximum absolute atomic E-state index is 4.48. The highest BCUT2D eigenvalue weighted by atomic mass is 32.2. The molecule has 1 fully saturated rings. The molecule has 0 amide bonds. The minimum Gasteiger partial charge on any atom is -0.314 e. The highest BCUT2D eigenvalue weighted by molar-refractivity contribution is 7.99. The Morgan fingerprint density at radius 3 is 2.00 bits per heavy atom. The number of nitrogens with zero attached hydrogens (tertiary/aromatic N) is 1. The molecule has 0 unspecified atom stereocenters. The van der Waals surface area contributed by atoms with Gasteiger partial charge in [-0.05, 0) is 18.2 Å².